The topological polar surface area (TPSA) is 119 Å². The third kappa shape index (κ3) is 4.71. The molecule has 1 unspecified atom stereocenters. The number of halogens is 1. The number of hydrogen-bond acceptors (Lipinski definition) is 4. The van der Waals surface area contributed by atoms with Crippen LogP contribution in [0.1, 0.15) is 62.8 Å². The molecule has 0 saturated carbocycles. The number of amides is 2. The summed E-state index contributed by atoms with van der Waals surface area (Å²) in [6.45, 7) is 7.30. The van der Waals surface area contributed by atoms with Crippen molar-refractivity contribution >= 4 is 34.5 Å². The Bertz CT molecular complexity index is 1280. The molecule has 0 aliphatic heterocycles. The minimum Gasteiger partial charge on any atom is -0.465 e. The Hall–Kier alpha value is -3.39. The van der Waals surface area contributed by atoms with E-state index >= 15 is 0 Å². The molecule has 0 aliphatic carbocycles. The number of nitrogens with zero attached hydrogens (tertiary/aromatic N) is 3. The molecule has 9 heteroatoms. The number of benzene rings is 2. The fourth-order valence-electron chi connectivity index (χ4n) is 4.01. The summed E-state index contributed by atoms with van der Waals surface area (Å²) in [4.78, 5) is 44.0. The van der Waals surface area contributed by atoms with Crippen LogP contribution in [0.15, 0.2) is 47.3 Å². The number of aromatic nitrogens is 2. The number of carbonyl (C=O) groups is 2. The minimum absolute atomic E-state index is 0.209. The molecule has 33 heavy (non-hydrogen) atoms. The van der Waals surface area contributed by atoms with E-state index in [1.54, 1.807) is 57.2 Å². The van der Waals surface area contributed by atoms with Crippen LogP contribution in [-0.2, 0) is 0 Å². The van der Waals surface area contributed by atoms with Crippen LogP contribution in [-0.4, -0.2) is 37.1 Å². The van der Waals surface area contributed by atoms with Gasteiger partial charge in [0.15, 0.2) is 0 Å². The number of carbonyl (C=O) groups excluding carboxylic acids is 1. The van der Waals surface area contributed by atoms with E-state index in [0.29, 0.717) is 24.0 Å². The average Bonchev–Trinajstić information content (AvgIpc) is 2.72. The van der Waals surface area contributed by atoms with Crippen molar-refractivity contribution in [1.29, 1.82) is 0 Å². The van der Waals surface area contributed by atoms with E-state index in [-0.39, 0.29) is 21.8 Å². The molecule has 0 bridgehead atoms. The molecule has 2 aromatic carbocycles. The van der Waals surface area contributed by atoms with Crippen LogP contribution < -0.4 is 11.3 Å². The fraction of sp³-hybridized carbons (Fsp3) is 0.333. The number of fused-ring (bicyclic) bond motifs is 1. The molecule has 3 rings (SSSR count). The van der Waals surface area contributed by atoms with Gasteiger partial charge in [-0.05, 0) is 57.5 Å². The van der Waals surface area contributed by atoms with Crippen LogP contribution in [0.25, 0.3) is 16.6 Å². The summed E-state index contributed by atoms with van der Waals surface area (Å²) < 4.78 is 1.34. The first-order valence-electron chi connectivity index (χ1n) is 10.6. The van der Waals surface area contributed by atoms with Gasteiger partial charge in [0.25, 0.3) is 5.56 Å². The standard InChI is InChI=1S/C24H27ClN4O4/c1-5-8-18(29(23(32)33)24(2,3)4)21-27-17-12-7-11-16(25)19(17)22(31)28(21)15-10-6-9-14(13-15)20(26)30/h6-7,9-13,18H,5,8H2,1-4H3,(H2,26,30)(H,32,33). The fourth-order valence-corrected chi connectivity index (χ4v) is 4.26. The monoisotopic (exact) mass is 470 g/mol. The zero-order valence-electron chi connectivity index (χ0n) is 19.0. The first-order chi connectivity index (χ1) is 15.5. The van der Waals surface area contributed by atoms with Gasteiger partial charge in [0, 0.05) is 11.1 Å². The molecular weight excluding hydrogens is 444 g/mol. The van der Waals surface area contributed by atoms with Crippen LogP contribution >= 0.6 is 11.6 Å². The average molecular weight is 471 g/mol. The summed E-state index contributed by atoms with van der Waals surface area (Å²) in [6, 6.07) is 10.5. The highest BCUT2D eigenvalue weighted by molar-refractivity contribution is 6.35. The van der Waals surface area contributed by atoms with Gasteiger partial charge in [-0.1, -0.05) is 37.1 Å². The quantitative estimate of drug-likeness (QED) is 0.538. The highest BCUT2D eigenvalue weighted by Gasteiger charge is 2.37. The predicted octanol–water partition coefficient (Wildman–Crippen LogP) is 4.76. The Labute approximate surface area is 196 Å². The van der Waals surface area contributed by atoms with E-state index in [9.17, 15) is 19.5 Å². The first kappa shape index (κ1) is 24.3. The molecular formula is C24H27ClN4O4. The van der Waals surface area contributed by atoms with E-state index in [2.05, 4.69) is 0 Å². The van der Waals surface area contributed by atoms with E-state index in [0.717, 1.165) is 0 Å². The third-order valence-electron chi connectivity index (χ3n) is 5.36. The molecule has 1 atom stereocenters. The lowest BCUT2D eigenvalue weighted by Crippen LogP contribution is -2.48. The van der Waals surface area contributed by atoms with Crippen LogP contribution in [0.4, 0.5) is 4.79 Å². The Morgan fingerprint density at radius 1 is 1.21 bits per heavy atom. The van der Waals surface area contributed by atoms with Crippen molar-refractivity contribution in [2.45, 2.75) is 52.1 Å². The highest BCUT2D eigenvalue weighted by Crippen LogP contribution is 2.33. The maximum atomic E-state index is 13.8. The lowest BCUT2D eigenvalue weighted by Gasteiger charge is -2.40. The summed E-state index contributed by atoms with van der Waals surface area (Å²) in [5.74, 6) is -0.402. The van der Waals surface area contributed by atoms with Gasteiger partial charge in [0.2, 0.25) is 5.91 Å². The second kappa shape index (κ2) is 9.23. The third-order valence-corrected chi connectivity index (χ3v) is 5.68. The Balaban J connectivity index is 2.46. The molecule has 174 valence electrons. The van der Waals surface area contributed by atoms with E-state index in [1.807, 2.05) is 6.92 Å². The Morgan fingerprint density at radius 2 is 1.88 bits per heavy atom. The van der Waals surface area contributed by atoms with E-state index < -0.39 is 29.1 Å². The van der Waals surface area contributed by atoms with Gasteiger partial charge in [0.05, 0.1) is 27.7 Å². The molecule has 0 radical (unpaired) electrons. The second-order valence-electron chi connectivity index (χ2n) is 8.79. The van der Waals surface area contributed by atoms with Gasteiger partial charge >= 0.3 is 6.09 Å². The zero-order chi connectivity index (χ0) is 24.5. The van der Waals surface area contributed by atoms with E-state index in [4.69, 9.17) is 22.3 Å². The van der Waals surface area contributed by atoms with Crippen LogP contribution in [0, 0.1) is 0 Å². The smallest absolute Gasteiger partial charge is 0.408 e. The summed E-state index contributed by atoms with van der Waals surface area (Å²) in [6.07, 6.45) is -0.0498. The molecule has 2 amide bonds. The SMILES string of the molecule is CCCC(c1nc2cccc(Cl)c2c(=O)n1-c1cccc(C(N)=O)c1)N(C(=O)O)C(C)(C)C. The van der Waals surface area contributed by atoms with Crippen molar-refractivity contribution in [3.63, 3.8) is 0 Å². The lowest BCUT2D eigenvalue weighted by atomic mass is 9.99. The van der Waals surface area contributed by atoms with Crippen molar-refractivity contribution in [3.8, 4) is 5.69 Å². The highest BCUT2D eigenvalue weighted by atomic mass is 35.5. The number of primary amides is 1. The van der Waals surface area contributed by atoms with Gasteiger partial charge in [-0.25, -0.2) is 9.78 Å². The van der Waals surface area contributed by atoms with Crippen molar-refractivity contribution in [3.05, 3.63) is 69.2 Å². The predicted molar refractivity (Wildman–Crippen MR) is 128 cm³/mol. The summed E-state index contributed by atoms with van der Waals surface area (Å²) >= 11 is 6.35. The number of carboxylic acid groups (broad SMARTS) is 1. The van der Waals surface area contributed by atoms with Gasteiger partial charge in [-0.15, -0.1) is 0 Å². The molecule has 0 aliphatic rings. The molecule has 1 heterocycles. The van der Waals surface area contributed by atoms with Gasteiger partial charge in [-0.2, -0.15) is 0 Å². The van der Waals surface area contributed by atoms with Crippen molar-refractivity contribution < 1.29 is 14.7 Å². The minimum atomic E-state index is -1.13. The Morgan fingerprint density at radius 3 is 2.45 bits per heavy atom. The summed E-state index contributed by atoms with van der Waals surface area (Å²) in [7, 11) is 0. The molecule has 1 aromatic heterocycles. The van der Waals surface area contributed by atoms with E-state index in [1.165, 1.54) is 15.5 Å². The van der Waals surface area contributed by atoms with Gasteiger partial charge in [0.1, 0.15) is 5.82 Å². The molecule has 3 N–H and O–H groups in total. The van der Waals surface area contributed by atoms with Crippen LogP contribution in [0.5, 0.6) is 0 Å². The zero-order valence-corrected chi connectivity index (χ0v) is 19.8. The molecule has 0 spiro atoms. The first-order valence-corrected chi connectivity index (χ1v) is 11.0. The lowest BCUT2D eigenvalue weighted by molar-refractivity contribution is 0.0627. The number of hydrogen-bond donors (Lipinski definition) is 2. The van der Waals surface area contributed by atoms with Crippen molar-refractivity contribution in [2.75, 3.05) is 0 Å². The number of nitrogens with two attached hydrogens (primary N) is 1. The number of rotatable bonds is 6. The van der Waals surface area contributed by atoms with Crippen LogP contribution in [0.3, 0.4) is 0 Å². The maximum Gasteiger partial charge on any atom is 0.408 e. The summed E-state index contributed by atoms with van der Waals surface area (Å²) in [5, 5.41) is 10.5. The normalized spacial score (nSPS) is 12.5. The second-order valence-corrected chi connectivity index (χ2v) is 9.19. The summed E-state index contributed by atoms with van der Waals surface area (Å²) in [5.41, 5.74) is 5.15. The molecule has 3 aromatic rings. The largest absolute Gasteiger partial charge is 0.465 e. The molecule has 8 nitrogen and oxygen atoms in total. The maximum absolute atomic E-state index is 13.8. The van der Waals surface area contributed by atoms with Gasteiger partial charge < -0.3 is 10.8 Å². The van der Waals surface area contributed by atoms with Crippen molar-refractivity contribution in [1.82, 2.24) is 14.5 Å². The molecule has 0 saturated heterocycles. The van der Waals surface area contributed by atoms with Crippen molar-refractivity contribution in [2.24, 2.45) is 5.73 Å². The molecule has 0 fully saturated rings. The van der Waals surface area contributed by atoms with Gasteiger partial charge in [-0.3, -0.25) is 19.1 Å². The Kier molecular flexibility index (Phi) is 6.78. The van der Waals surface area contributed by atoms with Crippen LogP contribution in [0.2, 0.25) is 5.02 Å².